The standard InChI is InChI=1S/C27H44N/c1-18(2)22-11-10-12-23(19(3)4)25(22)28-17-27(16-26(28,8)9)15-21(7)13-14-24(27)20(5)6/h10-12,17-21,24H,13-16H2,1-9H3/q+1/t21-,24+,27?/m1/s1. The van der Waals surface area contributed by atoms with Crippen molar-refractivity contribution in [2.75, 3.05) is 0 Å². The van der Waals surface area contributed by atoms with Gasteiger partial charge in [0.15, 0.2) is 11.8 Å². The smallest absolute Gasteiger partial charge is 0.197 e. The predicted octanol–water partition coefficient (Wildman–Crippen LogP) is 7.91. The third-order valence-electron chi connectivity index (χ3n) is 7.63. The van der Waals surface area contributed by atoms with Crippen molar-refractivity contribution in [3.05, 3.63) is 29.3 Å². The van der Waals surface area contributed by atoms with Crippen LogP contribution in [0.5, 0.6) is 0 Å². The van der Waals surface area contributed by atoms with Gasteiger partial charge in [0.1, 0.15) is 0 Å². The zero-order valence-corrected chi connectivity index (χ0v) is 20.0. The summed E-state index contributed by atoms with van der Waals surface area (Å²) in [6, 6.07) is 7.00. The topological polar surface area (TPSA) is 3.01 Å². The zero-order valence-electron chi connectivity index (χ0n) is 20.0. The highest BCUT2D eigenvalue weighted by Gasteiger charge is 2.57. The molecule has 0 amide bonds. The lowest BCUT2D eigenvalue weighted by atomic mass is 9.58. The molecule has 1 aromatic rings. The number of hydrogen-bond acceptors (Lipinski definition) is 0. The van der Waals surface area contributed by atoms with Gasteiger partial charge >= 0.3 is 0 Å². The van der Waals surface area contributed by atoms with Crippen molar-refractivity contribution >= 4 is 11.9 Å². The lowest BCUT2D eigenvalue weighted by Gasteiger charge is -2.43. The van der Waals surface area contributed by atoms with Crippen molar-refractivity contribution in [3.63, 3.8) is 0 Å². The van der Waals surface area contributed by atoms with Gasteiger partial charge in [0.25, 0.3) is 0 Å². The molecule has 0 N–H and O–H groups in total. The number of nitrogens with zero attached hydrogens (tertiary/aromatic N) is 1. The van der Waals surface area contributed by atoms with Crippen LogP contribution >= 0.6 is 0 Å². The third kappa shape index (κ3) is 3.71. The molecule has 1 aliphatic heterocycles. The van der Waals surface area contributed by atoms with Gasteiger partial charge in [-0.2, -0.15) is 4.58 Å². The van der Waals surface area contributed by atoms with Crippen LogP contribution in [-0.2, 0) is 0 Å². The Morgan fingerprint density at radius 3 is 2.00 bits per heavy atom. The van der Waals surface area contributed by atoms with Crippen molar-refractivity contribution < 1.29 is 4.58 Å². The lowest BCUT2D eigenvalue weighted by Crippen LogP contribution is -2.41. The molecule has 0 radical (unpaired) electrons. The first kappa shape index (κ1) is 21.6. The van der Waals surface area contributed by atoms with E-state index in [0.29, 0.717) is 17.3 Å². The molecule has 3 atom stereocenters. The fraction of sp³-hybridized carbons (Fsp3) is 0.741. The second kappa shape index (κ2) is 7.62. The summed E-state index contributed by atoms with van der Waals surface area (Å²) in [4.78, 5) is 0. The van der Waals surface area contributed by atoms with E-state index >= 15 is 0 Å². The Morgan fingerprint density at radius 1 is 0.929 bits per heavy atom. The summed E-state index contributed by atoms with van der Waals surface area (Å²) in [5.41, 5.74) is 5.05. The van der Waals surface area contributed by atoms with Gasteiger partial charge in [0.05, 0.1) is 5.41 Å². The SMILES string of the molecule is CC(C)c1cccc(C(C)C)c1[N+]1=CC2(C[C@H](C)CC[C@H]2C(C)C)CC1(C)C. The van der Waals surface area contributed by atoms with Crippen LogP contribution in [0.25, 0.3) is 0 Å². The fourth-order valence-corrected chi connectivity index (χ4v) is 6.53. The normalized spacial score (nSPS) is 29.9. The largest absolute Gasteiger partial charge is 0.212 e. The van der Waals surface area contributed by atoms with Gasteiger partial charge in [-0.25, -0.2) is 0 Å². The molecule has 0 aromatic heterocycles. The molecule has 28 heavy (non-hydrogen) atoms. The minimum Gasteiger partial charge on any atom is -0.197 e. The van der Waals surface area contributed by atoms with Crippen molar-refractivity contribution in [2.45, 2.75) is 105 Å². The van der Waals surface area contributed by atoms with Crippen LogP contribution in [0.3, 0.4) is 0 Å². The summed E-state index contributed by atoms with van der Waals surface area (Å²) >= 11 is 0. The van der Waals surface area contributed by atoms with E-state index in [4.69, 9.17) is 0 Å². The molecule has 1 fully saturated rings. The highest BCUT2D eigenvalue weighted by Crippen LogP contribution is 2.55. The van der Waals surface area contributed by atoms with Crippen molar-refractivity contribution in [1.29, 1.82) is 0 Å². The van der Waals surface area contributed by atoms with Crippen molar-refractivity contribution in [3.8, 4) is 0 Å². The number of benzene rings is 1. The Bertz CT molecular complexity index is 710. The maximum Gasteiger partial charge on any atom is 0.212 e. The Kier molecular flexibility index (Phi) is 5.87. The summed E-state index contributed by atoms with van der Waals surface area (Å²) in [5, 5.41) is 0. The van der Waals surface area contributed by atoms with Crippen molar-refractivity contribution in [1.82, 2.24) is 0 Å². The van der Waals surface area contributed by atoms with Gasteiger partial charge in [0, 0.05) is 31.4 Å². The number of para-hydroxylation sites is 1. The Hall–Kier alpha value is -1.11. The van der Waals surface area contributed by atoms with Gasteiger partial charge < -0.3 is 0 Å². The van der Waals surface area contributed by atoms with Crippen LogP contribution < -0.4 is 0 Å². The van der Waals surface area contributed by atoms with Crippen LogP contribution in [0.4, 0.5) is 5.69 Å². The Morgan fingerprint density at radius 2 is 1.50 bits per heavy atom. The molecule has 1 aliphatic carbocycles. The average molecular weight is 383 g/mol. The van der Waals surface area contributed by atoms with Gasteiger partial charge in [-0.3, -0.25) is 0 Å². The maximum atomic E-state index is 2.73. The second-order valence-electron chi connectivity index (χ2n) is 11.6. The first-order valence-corrected chi connectivity index (χ1v) is 11.8. The fourth-order valence-electron chi connectivity index (χ4n) is 6.53. The van der Waals surface area contributed by atoms with E-state index in [1.807, 2.05) is 0 Å². The van der Waals surface area contributed by atoms with E-state index in [1.54, 1.807) is 0 Å². The predicted molar refractivity (Wildman–Crippen MR) is 123 cm³/mol. The molecular weight excluding hydrogens is 338 g/mol. The average Bonchev–Trinajstić information content (AvgIpc) is 2.83. The summed E-state index contributed by atoms with van der Waals surface area (Å²) in [6.07, 6.45) is 8.16. The molecule has 1 spiro atoms. The monoisotopic (exact) mass is 382 g/mol. The number of hydrogen-bond donors (Lipinski definition) is 0. The quantitative estimate of drug-likeness (QED) is 0.465. The van der Waals surface area contributed by atoms with E-state index in [0.717, 1.165) is 17.8 Å². The minimum absolute atomic E-state index is 0.166. The van der Waals surface area contributed by atoms with Gasteiger partial charge in [-0.1, -0.05) is 73.1 Å². The van der Waals surface area contributed by atoms with Gasteiger partial charge in [0.2, 0.25) is 5.69 Å². The van der Waals surface area contributed by atoms with E-state index in [-0.39, 0.29) is 5.54 Å². The molecule has 1 aromatic carbocycles. The Balaban J connectivity index is 2.22. The number of rotatable bonds is 4. The van der Waals surface area contributed by atoms with Gasteiger partial charge in [-0.05, 0) is 42.4 Å². The highest BCUT2D eigenvalue weighted by atomic mass is 15.1. The third-order valence-corrected chi connectivity index (χ3v) is 7.63. The van der Waals surface area contributed by atoms with Gasteiger partial charge in [-0.15, -0.1) is 0 Å². The van der Waals surface area contributed by atoms with Crippen LogP contribution in [0.2, 0.25) is 0 Å². The summed E-state index contributed by atoms with van der Waals surface area (Å²) in [5.74, 6) is 3.49. The van der Waals surface area contributed by atoms with Crippen molar-refractivity contribution in [2.24, 2.45) is 23.2 Å². The molecule has 1 saturated carbocycles. The molecule has 156 valence electrons. The van der Waals surface area contributed by atoms with E-state index in [2.05, 4.69) is 91.3 Å². The first-order chi connectivity index (χ1) is 13.0. The van der Waals surface area contributed by atoms with E-state index in [1.165, 1.54) is 42.5 Å². The molecule has 0 saturated heterocycles. The van der Waals surface area contributed by atoms with Crippen LogP contribution in [0.15, 0.2) is 18.2 Å². The lowest BCUT2D eigenvalue weighted by molar-refractivity contribution is -0.513. The summed E-state index contributed by atoms with van der Waals surface area (Å²) in [6.45, 7) is 21.7. The molecule has 3 rings (SSSR count). The van der Waals surface area contributed by atoms with Crippen LogP contribution in [0.1, 0.15) is 111 Å². The maximum absolute atomic E-state index is 2.73. The molecule has 2 aliphatic rings. The van der Waals surface area contributed by atoms with Crippen LogP contribution in [0, 0.1) is 23.2 Å². The molecule has 0 bridgehead atoms. The van der Waals surface area contributed by atoms with E-state index < -0.39 is 0 Å². The first-order valence-electron chi connectivity index (χ1n) is 11.8. The summed E-state index contributed by atoms with van der Waals surface area (Å²) < 4.78 is 2.73. The summed E-state index contributed by atoms with van der Waals surface area (Å²) in [7, 11) is 0. The molecular formula is C27H44N+. The van der Waals surface area contributed by atoms with E-state index in [9.17, 15) is 0 Å². The molecule has 1 nitrogen and oxygen atoms in total. The highest BCUT2D eigenvalue weighted by molar-refractivity contribution is 5.68. The molecule has 1 heteroatoms. The Labute approximate surface area is 174 Å². The zero-order chi connectivity index (χ0) is 20.9. The molecule has 1 heterocycles. The minimum atomic E-state index is 0.166. The second-order valence-corrected chi connectivity index (χ2v) is 11.6. The van der Waals surface area contributed by atoms with Crippen LogP contribution in [-0.4, -0.2) is 16.3 Å². The molecule has 1 unspecified atom stereocenters.